The fraction of sp³-hybridized carbons (Fsp3) is 0.333. The summed E-state index contributed by atoms with van der Waals surface area (Å²) < 4.78 is 5.65. The number of piperidine rings is 1. The normalized spacial score (nSPS) is 16.8. The van der Waals surface area contributed by atoms with Crippen molar-refractivity contribution in [1.29, 1.82) is 0 Å². The zero-order chi connectivity index (χ0) is 18.4. The summed E-state index contributed by atoms with van der Waals surface area (Å²) in [6.07, 6.45) is 1.62. The number of rotatable bonds is 5. The van der Waals surface area contributed by atoms with Crippen LogP contribution in [0.3, 0.4) is 0 Å². The van der Waals surface area contributed by atoms with E-state index < -0.39 is 0 Å². The number of amides is 2. The molecule has 1 saturated heterocycles. The Bertz CT molecular complexity index is 761. The van der Waals surface area contributed by atoms with Crippen molar-refractivity contribution >= 4 is 17.5 Å². The molecule has 1 N–H and O–H groups in total. The van der Waals surface area contributed by atoms with Crippen LogP contribution < -0.4 is 10.1 Å². The number of anilines is 1. The number of carbonyl (C=O) groups is 2. The van der Waals surface area contributed by atoms with Gasteiger partial charge in [-0.3, -0.25) is 9.59 Å². The van der Waals surface area contributed by atoms with Gasteiger partial charge in [-0.25, -0.2) is 0 Å². The summed E-state index contributed by atoms with van der Waals surface area (Å²) >= 11 is 0. The Balaban J connectivity index is 1.53. The molecule has 3 rings (SSSR count). The van der Waals surface area contributed by atoms with E-state index in [0.29, 0.717) is 13.1 Å². The van der Waals surface area contributed by atoms with Crippen molar-refractivity contribution in [3.05, 3.63) is 60.2 Å². The van der Waals surface area contributed by atoms with Gasteiger partial charge in [0.05, 0.1) is 5.92 Å². The van der Waals surface area contributed by atoms with E-state index in [1.54, 1.807) is 4.90 Å². The number of aryl methyl sites for hydroxylation is 1. The Morgan fingerprint density at radius 1 is 1.12 bits per heavy atom. The first-order valence-electron chi connectivity index (χ1n) is 8.95. The molecule has 2 aromatic rings. The fourth-order valence-corrected chi connectivity index (χ4v) is 3.13. The van der Waals surface area contributed by atoms with E-state index in [4.69, 9.17) is 4.74 Å². The van der Waals surface area contributed by atoms with Crippen LogP contribution in [0.4, 0.5) is 5.69 Å². The number of ether oxygens (including phenoxy) is 1. The highest BCUT2D eigenvalue weighted by atomic mass is 16.5. The Kier molecular flexibility index (Phi) is 5.89. The molecule has 2 aromatic carbocycles. The minimum Gasteiger partial charge on any atom is -0.484 e. The average Bonchev–Trinajstić information content (AvgIpc) is 2.68. The first-order valence-corrected chi connectivity index (χ1v) is 8.95. The highest BCUT2D eigenvalue weighted by Gasteiger charge is 2.28. The van der Waals surface area contributed by atoms with E-state index in [0.717, 1.165) is 29.8 Å². The second kappa shape index (κ2) is 8.52. The maximum Gasteiger partial charge on any atom is 0.260 e. The first-order chi connectivity index (χ1) is 12.6. The topological polar surface area (TPSA) is 58.6 Å². The second-order valence-corrected chi connectivity index (χ2v) is 6.59. The maximum atomic E-state index is 12.5. The second-order valence-electron chi connectivity index (χ2n) is 6.59. The van der Waals surface area contributed by atoms with E-state index in [9.17, 15) is 9.59 Å². The van der Waals surface area contributed by atoms with Crippen LogP contribution in [0.15, 0.2) is 54.6 Å². The summed E-state index contributed by atoms with van der Waals surface area (Å²) in [7, 11) is 0. The van der Waals surface area contributed by atoms with Crippen LogP contribution in [-0.2, 0) is 9.59 Å². The molecule has 2 amide bonds. The van der Waals surface area contributed by atoms with Crippen LogP contribution in [0.1, 0.15) is 18.4 Å². The van der Waals surface area contributed by atoms with E-state index in [1.807, 2.05) is 61.5 Å². The summed E-state index contributed by atoms with van der Waals surface area (Å²) in [5, 5.41) is 2.93. The van der Waals surface area contributed by atoms with E-state index >= 15 is 0 Å². The van der Waals surface area contributed by atoms with E-state index in [2.05, 4.69) is 5.32 Å². The van der Waals surface area contributed by atoms with Crippen molar-refractivity contribution in [2.24, 2.45) is 5.92 Å². The zero-order valence-electron chi connectivity index (χ0n) is 15.0. The van der Waals surface area contributed by atoms with E-state index in [-0.39, 0.29) is 24.3 Å². The van der Waals surface area contributed by atoms with Crippen molar-refractivity contribution in [1.82, 2.24) is 4.90 Å². The summed E-state index contributed by atoms with van der Waals surface area (Å²) in [5.41, 5.74) is 1.78. The SMILES string of the molecule is Cc1ccccc1OCC(=O)N1CCCC(C(=O)Nc2ccccc2)C1. The lowest BCUT2D eigenvalue weighted by molar-refractivity contribution is -0.136. The van der Waals surface area contributed by atoms with Crippen molar-refractivity contribution in [2.45, 2.75) is 19.8 Å². The molecule has 0 aliphatic carbocycles. The Labute approximate surface area is 154 Å². The third-order valence-electron chi connectivity index (χ3n) is 4.63. The fourth-order valence-electron chi connectivity index (χ4n) is 3.13. The summed E-state index contributed by atoms with van der Waals surface area (Å²) in [6, 6.07) is 17.0. The highest BCUT2D eigenvalue weighted by Crippen LogP contribution is 2.20. The Hall–Kier alpha value is -2.82. The molecular weight excluding hydrogens is 328 g/mol. The van der Waals surface area contributed by atoms with Crippen molar-refractivity contribution in [2.75, 3.05) is 25.0 Å². The minimum atomic E-state index is -0.189. The van der Waals surface area contributed by atoms with Crippen molar-refractivity contribution in [3.63, 3.8) is 0 Å². The Morgan fingerprint density at radius 2 is 1.85 bits per heavy atom. The number of para-hydroxylation sites is 2. The van der Waals surface area contributed by atoms with Gasteiger partial charge in [-0.05, 0) is 43.5 Å². The smallest absolute Gasteiger partial charge is 0.260 e. The predicted octanol–water partition coefficient (Wildman–Crippen LogP) is 3.25. The van der Waals surface area contributed by atoms with Crippen LogP contribution in [0.5, 0.6) is 5.75 Å². The molecule has 1 aliphatic rings. The van der Waals surface area contributed by atoms with Gasteiger partial charge in [0.1, 0.15) is 5.75 Å². The molecule has 5 heteroatoms. The van der Waals surface area contributed by atoms with Gasteiger partial charge in [0, 0.05) is 18.8 Å². The third-order valence-corrected chi connectivity index (χ3v) is 4.63. The summed E-state index contributed by atoms with van der Waals surface area (Å²) in [4.78, 5) is 26.7. The standard InChI is InChI=1S/C21H24N2O3/c1-16-8-5-6-12-19(16)26-15-20(24)23-13-7-9-17(14-23)21(25)22-18-10-3-2-4-11-18/h2-6,8,10-12,17H,7,9,13-15H2,1H3,(H,22,25). The lowest BCUT2D eigenvalue weighted by Crippen LogP contribution is -2.45. The van der Waals surface area contributed by atoms with Crippen LogP contribution >= 0.6 is 0 Å². The molecule has 136 valence electrons. The van der Waals surface area contributed by atoms with Crippen molar-refractivity contribution in [3.8, 4) is 5.75 Å². The molecule has 1 atom stereocenters. The summed E-state index contributed by atoms with van der Waals surface area (Å²) in [6.45, 7) is 3.06. The van der Waals surface area contributed by atoms with Gasteiger partial charge in [0.25, 0.3) is 5.91 Å². The molecule has 0 spiro atoms. The molecule has 0 aromatic heterocycles. The molecule has 0 radical (unpaired) electrons. The summed E-state index contributed by atoms with van der Waals surface area (Å²) in [5.74, 6) is 0.418. The monoisotopic (exact) mass is 352 g/mol. The zero-order valence-corrected chi connectivity index (χ0v) is 15.0. The number of nitrogens with one attached hydrogen (secondary N) is 1. The van der Waals surface area contributed by atoms with Gasteiger partial charge in [-0.2, -0.15) is 0 Å². The molecule has 1 aliphatic heterocycles. The maximum absolute atomic E-state index is 12.5. The number of likely N-dealkylation sites (tertiary alicyclic amines) is 1. The molecule has 1 fully saturated rings. The van der Waals surface area contributed by atoms with Gasteiger partial charge >= 0.3 is 0 Å². The predicted molar refractivity (Wildman–Crippen MR) is 101 cm³/mol. The highest BCUT2D eigenvalue weighted by molar-refractivity contribution is 5.93. The van der Waals surface area contributed by atoms with Gasteiger partial charge in [0.15, 0.2) is 6.61 Å². The molecular formula is C21H24N2O3. The van der Waals surface area contributed by atoms with Gasteiger partial charge < -0.3 is 15.0 Å². The minimum absolute atomic E-state index is 0.00211. The van der Waals surface area contributed by atoms with Gasteiger partial charge in [-0.15, -0.1) is 0 Å². The lowest BCUT2D eigenvalue weighted by Gasteiger charge is -2.32. The van der Waals surface area contributed by atoms with Crippen molar-refractivity contribution < 1.29 is 14.3 Å². The Morgan fingerprint density at radius 3 is 2.62 bits per heavy atom. The molecule has 26 heavy (non-hydrogen) atoms. The van der Waals surface area contributed by atoms with Crippen LogP contribution in [-0.4, -0.2) is 36.4 Å². The average molecular weight is 352 g/mol. The third kappa shape index (κ3) is 4.63. The van der Waals surface area contributed by atoms with Crippen LogP contribution in [0.2, 0.25) is 0 Å². The van der Waals surface area contributed by atoms with E-state index in [1.165, 1.54) is 0 Å². The quantitative estimate of drug-likeness (QED) is 0.899. The van der Waals surface area contributed by atoms with Crippen LogP contribution in [0.25, 0.3) is 0 Å². The molecule has 0 saturated carbocycles. The number of benzene rings is 2. The molecule has 0 bridgehead atoms. The first kappa shape index (κ1) is 18.0. The van der Waals surface area contributed by atoms with Gasteiger partial charge in [0.2, 0.25) is 5.91 Å². The lowest BCUT2D eigenvalue weighted by atomic mass is 9.97. The molecule has 5 nitrogen and oxygen atoms in total. The molecule has 1 heterocycles. The largest absolute Gasteiger partial charge is 0.484 e. The number of hydrogen-bond acceptors (Lipinski definition) is 3. The van der Waals surface area contributed by atoms with Crippen LogP contribution in [0, 0.1) is 12.8 Å². The van der Waals surface area contributed by atoms with Gasteiger partial charge in [-0.1, -0.05) is 36.4 Å². The molecule has 1 unspecified atom stereocenters. The number of hydrogen-bond donors (Lipinski definition) is 1. The number of nitrogens with zero attached hydrogens (tertiary/aromatic N) is 1. The number of carbonyl (C=O) groups excluding carboxylic acids is 2.